The highest BCUT2D eigenvalue weighted by atomic mass is 16.2. The van der Waals surface area contributed by atoms with Gasteiger partial charge in [0.2, 0.25) is 5.91 Å². The maximum absolute atomic E-state index is 12.5. The van der Waals surface area contributed by atoms with E-state index >= 15 is 0 Å². The molecule has 0 unspecified atom stereocenters. The number of hydrogen-bond donors (Lipinski definition) is 0. The van der Waals surface area contributed by atoms with Crippen molar-refractivity contribution in [3.63, 3.8) is 0 Å². The molecule has 1 amide bonds. The Morgan fingerprint density at radius 3 is 2.20 bits per heavy atom. The molecule has 0 saturated heterocycles. The van der Waals surface area contributed by atoms with E-state index in [0.29, 0.717) is 28.8 Å². The van der Waals surface area contributed by atoms with Gasteiger partial charge >= 0.3 is 0 Å². The molecule has 0 saturated carbocycles. The molecule has 0 spiro atoms. The van der Waals surface area contributed by atoms with Gasteiger partial charge in [-0.1, -0.05) is 31.2 Å². The molecule has 102 valence electrons. The molecular weight excluding hydrogens is 254 g/mol. The van der Waals surface area contributed by atoms with Gasteiger partial charge in [-0.25, -0.2) is 0 Å². The Labute approximate surface area is 117 Å². The number of fused-ring (bicyclic) bond motifs is 1. The Morgan fingerprint density at radius 1 is 1.00 bits per heavy atom. The SMILES string of the molecule is CCCN1CC2=C(CC1=O)C(=O)c1ccccc1C2=O. The third-order valence-corrected chi connectivity index (χ3v) is 3.85. The number of benzene rings is 1. The maximum Gasteiger partial charge on any atom is 0.227 e. The molecule has 1 aromatic carbocycles. The number of Topliss-reactive ketones (excluding diaryl/α,β-unsaturated/α-hetero) is 2. The molecule has 1 heterocycles. The van der Waals surface area contributed by atoms with Crippen LogP contribution in [0.4, 0.5) is 0 Å². The lowest BCUT2D eigenvalue weighted by atomic mass is 9.80. The molecule has 2 aliphatic rings. The molecule has 1 aliphatic carbocycles. The van der Waals surface area contributed by atoms with Crippen molar-refractivity contribution in [1.82, 2.24) is 4.90 Å². The third-order valence-electron chi connectivity index (χ3n) is 3.85. The first-order valence-electron chi connectivity index (χ1n) is 6.81. The van der Waals surface area contributed by atoms with Crippen molar-refractivity contribution in [2.75, 3.05) is 13.1 Å². The smallest absolute Gasteiger partial charge is 0.227 e. The van der Waals surface area contributed by atoms with Crippen LogP contribution in [0.25, 0.3) is 0 Å². The Morgan fingerprint density at radius 2 is 1.60 bits per heavy atom. The van der Waals surface area contributed by atoms with Crippen LogP contribution in [0.5, 0.6) is 0 Å². The van der Waals surface area contributed by atoms with Crippen LogP contribution < -0.4 is 0 Å². The summed E-state index contributed by atoms with van der Waals surface area (Å²) in [6, 6.07) is 6.83. The molecule has 0 N–H and O–H groups in total. The number of amides is 1. The minimum atomic E-state index is -0.167. The fourth-order valence-electron chi connectivity index (χ4n) is 2.85. The average molecular weight is 269 g/mol. The first kappa shape index (κ1) is 12.8. The second-order valence-electron chi connectivity index (χ2n) is 5.15. The predicted molar refractivity (Wildman–Crippen MR) is 73.6 cm³/mol. The molecular formula is C16H15NO3. The zero-order valence-electron chi connectivity index (χ0n) is 11.3. The van der Waals surface area contributed by atoms with Gasteiger partial charge in [-0.3, -0.25) is 14.4 Å². The lowest BCUT2D eigenvalue weighted by molar-refractivity contribution is -0.130. The van der Waals surface area contributed by atoms with E-state index in [0.717, 1.165) is 6.42 Å². The van der Waals surface area contributed by atoms with Gasteiger partial charge in [0.15, 0.2) is 11.6 Å². The summed E-state index contributed by atoms with van der Waals surface area (Å²) in [4.78, 5) is 38.6. The van der Waals surface area contributed by atoms with E-state index in [1.54, 1.807) is 29.2 Å². The molecule has 1 aliphatic heterocycles. The minimum Gasteiger partial charge on any atom is -0.338 e. The Bertz CT molecular complexity index is 657. The van der Waals surface area contributed by atoms with E-state index in [2.05, 4.69) is 0 Å². The molecule has 3 rings (SSSR count). The average Bonchev–Trinajstić information content (AvgIpc) is 2.46. The normalized spacial score (nSPS) is 18.2. The van der Waals surface area contributed by atoms with Crippen molar-refractivity contribution in [2.45, 2.75) is 19.8 Å². The zero-order valence-corrected chi connectivity index (χ0v) is 11.3. The van der Waals surface area contributed by atoms with Crippen LogP contribution in [-0.2, 0) is 4.79 Å². The van der Waals surface area contributed by atoms with Crippen molar-refractivity contribution < 1.29 is 14.4 Å². The second-order valence-corrected chi connectivity index (χ2v) is 5.15. The summed E-state index contributed by atoms with van der Waals surface area (Å²) in [5.41, 5.74) is 1.78. The van der Waals surface area contributed by atoms with E-state index < -0.39 is 0 Å². The van der Waals surface area contributed by atoms with Gasteiger partial charge in [0.1, 0.15) is 0 Å². The fourth-order valence-corrected chi connectivity index (χ4v) is 2.85. The van der Waals surface area contributed by atoms with Crippen LogP contribution in [0.15, 0.2) is 35.4 Å². The summed E-state index contributed by atoms with van der Waals surface area (Å²) in [5, 5.41) is 0. The highest BCUT2D eigenvalue weighted by Crippen LogP contribution is 2.31. The van der Waals surface area contributed by atoms with Crippen molar-refractivity contribution in [3.8, 4) is 0 Å². The summed E-state index contributed by atoms with van der Waals surface area (Å²) in [6.45, 7) is 2.87. The number of carbonyl (C=O) groups excluding carboxylic acids is 3. The van der Waals surface area contributed by atoms with Gasteiger partial charge in [-0.05, 0) is 6.42 Å². The Kier molecular flexibility index (Phi) is 3.01. The molecule has 0 atom stereocenters. The van der Waals surface area contributed by atoms with E-state index in [-0.39, 0.29) is 30.4 Å². The highest BCUT2D eigenvalue weighted by Gasteiger charge is 2.37. The number of ketones is 2. The lowest BCUT2D eigenvalue weighted by Crippen LogP contribution is -2.42. The lowest BCUT2D eigenvalue weighted by Gasteiger charge is -2.32. The first-order chi connectivity index (χ1) is 9.63. The summed E-state index contributed by atoms with van der Waals surface area (Å²) in [7, 11) is 0. The highest BCUT2D eigenvalue weighted by molar-refractivity contribution is 6.28. The van der Waals surface area contributed by atoms with Crippen molar-refractivity contribution in [3.05, 3.63) is 46.5 Å². The van der Waals surface area contributed by atoms with Gasteiger partial charge in [0.05, 0.1) is 6.42 Å². The van der Waals surface area contributed by atoms with Crippen molar-refractivity contribution >= 4 is 17.5 Å². The van der Waals surface area contributed by atoms with Crippen LogP contribution in [0.3, 0.4) is 0 Å². The monoisotopic (exact) mass is 269 g/mol. The standard InChI is InChI=1S/C16H15NO3/c1-2-7-17-9-13-12(8-14(17)18)15(19)10-5-3-4-6-11(10)16(13)20/h3-6H,2,7-9H2,1H3. The molecule has 20 heavy (non-hydrogen) atoms. The van der Waals surface area contributed by atoms with E-state index in [9.17, 15) is 14.4 Å². The summed E-state index contributed by atoms with van der Waals surface area (Å²) in [5.74, 6) is -0.338. The van der Waals surface area contributed by atoms with Crippen molar-refractivity contribution in [1.29, 1.82) is 0 Å². The predicted octanol–water partition coefficient (Wildman–Crippen LogP) is 2.00. The number of nitrogens with zero attached hydrogens (tertiary/aromatic N) is 1. The summed E-state index contributed by atoms with van der Waals surface area (Å²) in [6.07, 6.45) is 0.890. The van der Waals surface area contributed by atoms with Crippen molar-refractivity contribution in [2.24, 2.45) is 0 Å². The molecule has 4 nitrogen and oxygen atoms in total. The maximum atomic E-state index is 12.5. The quantitative estimate of drug-likeness (QED) is 0.825. The van der Waals surface area contributed by atoms with Gasteiger partial charge in [0.25, 0.3) is 0 Å². The van der Waals surface area contributed by atoms with Crippen LogP contribution in [-0.4, -0.2) is 35.5 Å². The minimum absolute atomic E-state index is 0.0498. The zero-order chi connectivity index (χ0) is 14.3. The molecule has 1 aromatic rings. The molecule has 0 bridgehead atoms. The van der Waals surface area contributed by atoms with Gasteiger partial charge in [-0.2, -0.15) is 0 Å². The topological polar surface area (TPSA) is 54.5 Å². The summed E-state index contributed by atoms with van der Waals surface area (Å²) < 4.78 is 0. The van der Waals surface area contributed by atoms with Crippen LogP contribution in [0, 0.1) is 0 Å². The van der Waals surface area contributed by atoms with Crippen LogP contribution >= 0.6 is 0 Å². The molecule has 0 fully saturated rings. The Balaban J connectivity index is 2.06. The van der Waals surface area contributed by atoms with Gasteiger partial charge < -0.3 is 4.90 Å². The van der Waals surface area contributed by atoms with Crippen LogP contribution in [0.1, 0.15) is 40.5 Å². The molecule has 0 radical (unpaired) electrons. The second kappa shape index (κ2) is 4.71. The Hall–Kier alpha value is -2.23. The van der Waals surface area contributed by atoms with E-state index in [1.807, 2.05) is 6.92 Å². The van der Waals surface area contributed by atoms with Crippen LogP contribution in [0.2, 0.25) is 0 Å². The fraction of sp³-hybridized carbons (Fsp3) is 0.312. The largest absolute Gasteiger partial charge is 0.338 e. The number of rotatable bonds is 2. The summed E-state index contributed by atoms with van der Waals surface area (Å²) >= 11 is 0. The van der Waals surface area contributed by atoms with E-state index in [4.69, 9.17) is 0 Å². The third kappa shape index (κ3) is 1.80. The first-order valence-corrected chi connectivity index (χ1v) is 6.81. The molecule has 0 aromatic heterocycles. The van der Waals surface area contributed by atoms with Gasteiger partial charge in [0, 0.05) is 35.4 Å². The van der Waals surface area contributed by atoms with Gasteiger partial charge in [-0.15, -0.1) is 0 Å². The number of carbonyl (C=O) groups is 3. The van der Waals surface area contributed by atoms with E-state index in [1.165, 1.54) is 0 Å². The molecule has 4 heteroatoms. The number of hydrogen-bond acceptors (Lipinski definition) is 3.